The Hall–Kier alpha value is -1.66. The summed E-state index contributed by atoms with van der Waals surface area (Å²) in [5, 5.41) is 20.5. The van der Waals surface area contributed by atoms with Gasteiger partial charge in [0.05, 0.1) is 0 Å². The van der Waals surface area contributed by atoms with Gasteiger partial charge in [0.15, 0.2) is 6.10 Å². The molecule has 2 N–H and O–H groups in total. The molecule has 1 unspecified atom stereocenters. The summed E-state index contributed by atoms with van der Waals surface area (Å²) < 4.78 is 10.1. The van der Waals surface area contributed by atoms with Crippen LogP contribution in [0.5, 0.6) is 0 Å². The molecule has 45 heavy (non-hydrogen) atoms. The average molecular weight is 637 g/mol. The lowest BCUT2D eigenvalue weighted by Crippen LogP contribution is -2.48. The number of unbranched alkanes of at least 4 members (excludes halogenated alkanes) is 22. The van der Waals surface area contributed by atoms with Crippen LogP contribution in [0.4, 0.5) is 0 Å². The lowest BCUT2D eigenvalue weighted by atomic mass is 10.1. The first kappa shape index (κ1) is 43.3. The molecule has 264 valence electrons. The molecule has 0 fully saturated rings. The van der Waals surface area contributed by atoms with E-state index in [-0.39, 0.29) is 12.8 Å². The molecule has 0 heterocycles. The van der Waals surface area contributed by atoms with Gasteiger partial charge in [0.1, 0.15) is 0 Å². The number of ether oxygens (including phenoxy) is 2. The Balaban J connectivity index is 3.85. The second-order valence-electron chi connectivity index (χ2n) is 12.9. The third-order valence-corrected chi connectivity index (χ3v) is 8.33. The van der Waals surface area contributed by atoms with E-state index in [9.17, 15) is 19.8 Å². The van der Waals surface area contributed by atoms with Gasteiger partial charge in [0.2, 0.25) is 0 Å². The van der Waals surface area contributed by atoms with Gasteiger partial charge in [-0.25, -0.2) is 0 Å². The van der Waals surface area contributed by atoms with E-state index in [0.29, 0.717) is 12.8 Å². The summed E-state index contributed by atoms with van der Waals surface area (Å²) >= 11 is 0. The molecule has 6 nitrogen and oxygen atoms in total. The van der Waals surface area contributed by atoms with Crippen LogP contribution in [0.25, 0.3) is 0 Å². The highest BCUT2D eigenvalue weighted by Crippen LogP contribution is 2.20. The van der Waals surface area contributed by atoms with E-state index in [2.05, 4.69) is 38.2 Å². The SMILES string of the molecule is CCCCCCCC/C=C\CCCCCCCC(=O)OC(O)(OC(=O)CCCCCCC/C=C\CCCCCCCC)C(C)O. The van der Waals surface area contributed by atoms with Crippen molar-refractivity contribution in [3.63, 3.8) is 0 Å². The number of esters is 2. The minimum Gasteiger partial charge on any atom is -0.396 e. The van der Waals surface area contributed by atoms with Gasteiger partial charge in [-0.2, -0.15) is 0 Å². The topological polar surface area (TPSA) is 93.1 Å². The number of aliphatic hydroxyl groups is 2. The van der Waals surface area contributed by atoms with Gasteiger partial charge in [-0.15, -0.1) is 0 Å². The van der Waals surface area contributed by atoms with Crippen LogP contribution < -0.4 is 0 Å². The molecule has 0 aliphatic heterocycles. The van der Waals surface area contributed by atoms with Crippen molar-refractivity contribution in [2.45, 2.75) is 213 Å². The summed E-state index contributed by atoms with van der Waals surface area (Å²) in [5.41, 5.74) is 0. The smallest absolute Gasteiger partial charge is 0.396 e. The lowest BCUT2D eigenvalue weighted by Gasteiger charge is -2.29. The molecule has 6 heteroatoms. The molecule has 0 amide bonds. The van der Waals surface area contributed by atoms with Crippen molar-refractivity contribution >= 4 is 11.9 Å². The molecule has 0 radical (unpaired) electrons. The molecule has 0 saturated carbocycles. The Kier molecular flexibility index (Phi) is 31.1. The van der Waals surface area contributed by atoms with E-state index in [1.807, 2.05) is 0 Å². The average Bonchev–Trinajstić information content (AvgIpc) is 3.00. The highest BCUT2D eigenvalue weighted by molar-refractivity contribution is 5.71. The standard InChI is InChI=1S/C39H72O6/c1-4-6-8-10-12-14-16-18-20-22-24-26-28-30-32-34-37(41)44-39(43,36(3)40)45-38(42)35-33-31-29-27-25-23-21-19-17-15-13-11-9-7-5-2/h18-21,36,40,43H,4-17,22-35H2,1-3H3/b20-18-,21-19-. The number of allylic oxidation sites excluding steroid dienone is 4. The minimum atomic E-state index is -2.64. The maximum absolute atomic E-state index is 12.3. The van der Waals surface area contributed by atoms with Crippen LogP contribution in [0, 0.1) is 0 Å². The quantitative estimate of drug-likeness (QED) is 0.0322. The molecule has 0 spiro atoms. The van der Waals surface area contributed by atoms with Gasteiger partial charge in [-0.1, -0.05) is 141 Å². The van der Waals surface area contributed by atoms with Crippen molar-refractivity contribution in [3.05, 3.63) is 24.3 Å². The van der Waals surface area contributed by atoms with Gasteiger partial charge in [0.25, 0.3) is 0 Å². The van der Waals surface area contributed by atoms with Crippen molar-refractivity contribution in [1.82, 2.24) is 0 Å². The predicted octanol–water partition coefficient (Wildman–Crippen LogP) is 11.2. The number of hydrogen-bond acceptors (Lipinski definition) is 6. The van der Waals surface area contributed by atoms with Crippen LogP contribution in [0.3, 0.4) is 0 Å². The van der Waals surface area contributed by atoms with Crippen LogP contribution in [0.15, 0.2) is 24.3 Å². The van der Waals surface area contributed by atoms with Gasteiger partial charge in [-0.3, -0.25) is 9.59 Å². The zero-order valence-corrected chi connectivity index (χ0v) is 29.7. The second kappa shape index (κ2) is 32.3. The van der Waals surface area contributed by atoms with Gasteiger partial charge >= 0.3 is 17.9 Å². The van der Waals surface area contributed by atoms with Crippen LogP contribution >= 0.6 is 0 Å². The van der Waals surface area contributed by atoms with E-state index in [4.69, 9.17) is 9.47 Å². The van der Waals surface area contributed by atoms with Crippen LogP contribution in [0.2, 0.25) is 0 Å². The summed E-state index contributed by atoms with van der Waals surface area (Å²) in [6.45, 7) is 5.74. The first-order valence-electron chi connectivity index (χ1n) is 19.0. The molecule has 0 bridgehead atoms. The maximum Gasteiger partial charge on any atom is 0.400 e. The van der Waals surface area contributed by atoms with Gasteiger partial charge in [0, 0.05) is 12.8 Å². The van der Waals surface area contributed by atoms with Crippen molar-refractivity contribution in [2.75, 3.05) is 0 Å². The Labute approximate surface area is 277 Å². The number of carbonyl (C=O) groups excluding carboxylic acids is 2. The van der Waals surface area contributed by atoms with E-state index < -0.39 is 24.0 Å². The second-order valence-corrected chi connectivity index (χ2v) is 12.9. The summed E-state index contributed by atoms with van der Waals surface area (Å²) in [6.07, 6.45) is 38.1. The summed E-state index contributed by atoms with van der Waals surface area (Å²) in [6, 6.07) is 0. The zero-order chi connectivity index (χ0) is 33.3. The van der Waals surface area contributed by atoms with Crippen LogP contribution in [0.1, 0.15) is 201 Å². The van der Waals surface area contributed by atoms with E-state index in [1.54, 1.807) is 0 Å². The van der Waals surface area contributed by atoms with Gasteiger partial charge < -0.3 is 19.7 Å². The largest absolute Gasteiger partial charge is 0.400 e. The Morgan fingerprint density at radius 1 is 0.511 bits per heavy atom. The highest BCUT2D eigenvalue weighted by atomic mass is 16.8. The maximum atomic E-state index is 12.3. The molecule has 0 aliphatic rings. The molecule has 1 atom stereocenters. The Bertz CT molecular complexity index is 675. The number of carbonyl (C=O) groups is 2. The van der Waals surface area contributed by atoms with Gasteiger partial charge in [-0.05, 0) is 71.1 Å². The molecule has 0 aromatic rings. The third-order valence-electron chi connectivity index (χ3n) is 8.33. The normalized spacial score (nSPS) is 12.7. The van der Waals surface area contributed by atoms with Crippen LogP contribution in [-0.4, -0.2) is 34.2 Å². The molecule has 0 saturated heterocycles. The number of rotatable bonds is 33. The monoisotopic (exact) mass is 637 g/mol. The van der Waals surface area contributed by atoms with Crippen molar-refractivity contribution in [1.29, 1.82) is 0 Å². The molecule has 0 rings (SSSR count). The van der Waals surface area contributed by atoms with Crippen molar-refractivity contribution in [3.8, 4) is 0 Å². The van der Waals surface area contributed by atoms with E-state index in [1.165, 1.54) is 96.8 Å². The fraction of sp³-hybridized carbons (Fsp3) is 0.846. The summed E-state index contributed by atoms with van der Waals surface area (Å²) in [4.78, 5) is 24.6. The third kappa shape index (κ3) is 29.5. The minimum absolute atomic E-state index is 0.110. The fourth-order valence-electron chi connectivity index (χ4n) is 5.30. The molecule has 0 aliphatic carbocycles. The van der Waals surface area contributed by atoms with Crippen LogP contribution in [-0.2, 0) is 19.1 Å². The Morgan fingerprint density at radius 3 is 1.07 bits per heavy atom. The first-order chi connectivity index (χ1) is 21.9. The molecule has 0 aromatic heterocycles. The number of aliphatic hydroxyl groups excluding tert-OH is 1. The van der Waals surface area contributed by atoms with E-state index >= 15 is 0 Å². The van der Waals surface area contributed by atoms with Crippen molar-refractivity contribution in [2.24, 2.45) is 0 Å². The summed E-state index contributed by atoms with van der Waals surface area (Å²) in [5.74, 6) is -3.99. The first-order valence-corrected chi connectivity index (χ1v) is 19.0. The summed E-state index contributed by atoms with van der Waals surface area (Å²) in [7, 11) is 0. The lowest BCUT2D eigenvalue weighted by molar-refractivity contribution is -0.358. The fourth-order valence-corrected chi connectivity index (χ4v) is 5.30. The Morgan fingerprint density at radius 2 is 0.778 bits per heavy atom. The van der Waals surface area contributed by atoms with E-state index in [0.717, 1.165) is 64.2 Å². The molecular weight excluding hydrogens is 564 g/mol. The molecular formula is C39H72O6. The predicted molar refractivity (Wildman–Crippen MR) is 188 cm³/mol. The molecule has 0 aromatic carbocycles. The van der Waals surface area contributed by atoms with Crippen molar-refractivity contribution < 1.29 is 29.3 Å². The zero-order valence-electron chi connectivity index (χ0n) is 29.7. The highest BCUT2D eigenvalue weighted by Gasteiger charge is 2.42. The number of hydrogen-bond donors (Lipinski definition) is 2.